The average molecular weight is 223 g/mol. The molecule has 0 spiro atoms. The van der Waals surface area contributed by atoms with Crippen molar-refractivity contribution in [3.05, 3.63) is 29.6 Å². The van der Waals surface area contributed by atoms with Crippen molar-refractivity contribution in [2.75, 3.05) is 24.5 Å². The lowest BCUT2D eigenvalue weighted by atomic mass is 10.1. The van der Waals surface area contributed by atoms with Crippen LogP contribution in [0, 0.1) is 5.82 Å². The van der Waals surface area contributed by atoms with Gasteiger partial charge in [-0.25, -0.2) is 4.39 Å². The fraction of sp³-hybridized carbons (Fsp3) is 0.364. The molecule has 1 heterocycles. The van der Waals surface area contributed by atoms with Crippen molar-refractivity contribution in [2.45, 2.75) is 6.54 Å². The molecule has 0 saturated carbocycles. The van der Waals surface area contributed by atoms with Crippen LogP contribution >= 0.6 is 0 Å². The third kappa shape index (κ3) is 1.99. The van der Waals surface area contributed by atoms with E-state index in [0.717, 1.165) is 5.69 Å². The number of carbonyl (C=O) groups excluding carboxylic acids is 1. The van der Waals surface area contributed by atoms with E-state index >= 15 is 0 Å². The normalized spacial score (nSPS) is 16.1. The molecule has 4 nitrogen and oxygen atoms in total. The predicted molar refractivity (Wildman–Crippen MR) is 59.5 cm³/mol. The van der Waals surface area contributed by atoms with Gasteiger partial charge in [0.15, 0.2) is 0 Å². The summed E-state index contributed by atoms with van der Waals surface area (Å²) in [5.74, 6) is -0.357. The Balaban J connectivity index is 2.31. The fourth-order valence-electron chi connectivity index (χ4n) is 1.89. The standard InChI is InChI=1S/C11H14FN3O/c12-9-2-1-3-10(8(9)6-13)15-5-4-14-11(16)7-15/h1-3H,4-7,13H2,(H,14,16). The number of nitrogens with one attached hydrogen (secondary N) is 1. The van der Waals surface area contributed by atoms with Crippen molar-refractivity contribution in [3.8, 4) is 0 Å². The first kappa shape index (κ1) is 10.9. The highest BCUT2D eigenvalue weighted by atomic mass is 19.1. The first-order chi connectivity index (χ1) is 7.72. The number of anilines is 1. The van der Waals surface area contributed by atoms with Gasteiger partial charge >= 0.3 is 0 Å². The fourth-order valence-corrected chi connectivity index (χ4v) is 1.89. The average Bonchev–Trinajstić information content (AvgIpc) is 2.28. The zero-order valence-electron chi connectivity index (χ0n) is 8.87. The van der Waals surface area contributed by atoms with Crippen molar-refractivity contribution in [3.63, 3.8) is 0 Å². The highest BCUT2D eigenvalue weighted by Crippen LogP contribution is 2.23. The Morgan fingerprint density at radius 3 is 3.00 bits per heavy atom. The molecule has 0 unspecified atom stereocenters. The molecular weight excluding hydrogens is 209 g/mol. The van der Waals surface area contributed by atoms with Crippen LogP contribution in [0.1, 0.15) is 5.56 Å². The smallest absolute Gasteiger partial charge is 0.239 e. The maximum atomic E-state index is 13.5. The summed E-state index contributed by atoms with van der Waals surface area (Å²) in [7, 11) is 0. The van der Waals surface area contributed by atoms with Gasteiger partial charge in [0.05, 0.1) is 6.54 Å². The first-order valence-electron chi connectivity index (χ1n) is 5.21. The predicted octanol–water partition coefficient (Wildman–Crippen LogP) is 0.221. The Morgan fingerprint density at radius 2 is 2.31 bits per heavy atom. The summed E-state index contributed by atoms with van der Waals surface area (Å²) in [6.45, 7) is 1.66. The number of hydrogen-bond donors (Lipinski definition) is 2. The number of nitrogens with two attached hydrogens (primary N) is 1. The van der Waals surface area contributed by atoms with Crippen LogP contribution in [-0.2, 0) is 11.3 Å². The summed E-state index contributed by atoms with van der Waals surface area (Å²) in [6, 6.07) is 4.82. The number of amides is 1. The highest BCUT2D eigenvalue weighted by Gasteiger charge is 2.19. The summed E-state index contributed by atoms with van der Waals surface area (Å²) < 4.78 is 13.5. The van der Waals surface area contributed by atoms with Crippen LogP contribution in [0.3, 0.4) is 0 Å². The molecule has 2 rings (SSSR count). The summed E-state index contributed by atoms with van der Waals surface area (Å²) >= 11 is 0. The van der Waals surface area contributed by atoms with Crippen molar-refractivity contribution >= 4 is 11.6 Å². The monoisotopic (exact) mass is 223 g/mol. The molecule has 86 valence electrons. The van der Waals surface area contributed by atoms with Gasteiger partial charge in [-0.15, -0.1) is 0 Å². The quantitative estimate of drug-likeness (QED) is 0.754. The molecule has 1 saturated heterocycles. The van der Waals surface area contributed by atoms with Gasteiger partial charge in [-0.3, -0.25) is 4.79 Å². The van der Waals surface area contributed by atoms with E-state index in [1.807, 2.05) is 4.90 Å². The number of rotatable bonds is 2. The van der Waals surface area contributed by atoms with Gasteiger partial charge in [0, 0.05) is 30.9 Å². The number of carbonyl (C=O) groups is 1. The van der Waals surface area contributed by atoms with Crippen molar-refractivity contribution in [1.29, 1.82) is 0 Å². The van der Waals surface area contributed by atoms with Crippen LogP contribution in [0.5, 0.6) is 0 Å². The molecule has 1 amide bonds. The zero-order valence-corrected chi connectivity index (χ0v) is 8.87. The molecule has 0 bridgehead atoms. The molecule has 0 atom stereocenters. The maximum absolute atomic E-state index is 13.5. The minimum absolute atomic E-state index is 0.0431. The second-order valence-electron chi connectivity index (χ2n) is 3.71. The second kappa shape index (κ2) is 4.49. The number of halogens is 1. The molecule has 1 fully saturated rings. The topological polar surface area (TPSA) is 58.4 Å². The molecule has 3 N–H and O–H groups in total. The van der Waals surface area contributed by atoms with Crippen molar-refractivity contribution in [2.24, 2.45) is 5.73 Å². The molecule has 1 aliphatic heterocycles. The zero-order chi connectivity index (χ0) is 11.5. The van der Waals surface area contributed by atoms with E-state index in [-0.39, 0.29) is 24.8 Å². The van der Waals surface area contributed by atoms with E-state index < -0.39 is 0 Å². The number of piperazine rings is 1. The van der Waals surface area contributed by atoms with E-state index in [1.54, 1.807) is 12.1 Å². The van der Waals surface area contributed by atoms with Gasteiger partial charge < -0.3 is 16.0 Å². The Kier molecular flexibility index (Phi) is 3.05. The molecule has 5 heteroatoms. The van der Waals surface area contributed by atoms with Crippen molar-refractivity contribution < 1.29 is 9.18 Å². The van der Waals surface area contributed by atoms with Crippen LogP contribution in [0.25, 0.3) is 0 Å². The van der Waals surface area contributed by atoms with Gasteiger partial charge in [0.2, 0.25) is 5.91 Å². The Bertz CT molecular complexity index is 408. The van der Waals surface area contributed by atoms with E-state index in [9.17, 15) is 9.18 Å². The molecule has 0 aromatic heterocycles. The lowest BCUT2D eigenvalue weighted by molar-refractivity contribution is -0.120. The number of hydrogen-bond acceptors (Lipinski definition) is 3. The van der Waals surface area contributed by atoms with Crippen LogP contribution in [0.2, 0.25) is 0 Å². The minimum Gasteiger partial charge on any atom is -0.360 e. The van der Waals surface area contributed by atoms with Crippen LogP contribution in [0.15, 0.2) is 18.2 Å². The molecule has 1 aliphatic rings. The Morgan fingerprint density at radius 1 is 1.50 bits per heavy atom. The largest absolute Gasteiger partial charge is 0.360 e. The van der Waals surface area contributed by atoms with E-state index in [0.29, 0.717) is 18.7 Å². The van der Waals surface area contributed by atoms with Crippen LogP contribution in [0.4, 0.5) is 10.1 Å². The lowest BCUT2D eigenvalue weighted by Gasteiger charge is -2.30. The summed E-state index contributed by atoms with van der Waals surface area (Å²) in [5.41, 5.74) is 6.71. The van der Waals surface area contributed by atoms with Gasteiger partial charge in [0.25, 0.3) is 0 Å². The first-order valence-corrected chi connectivity index (χ1v) is 5.21. The second-order valence-corrected chi connectivity index (χ2v) is 3.71. The minimum atomic E-state index is -0.314. The third-order valence-electron chi connectivity index (χ3n) is 2.68. The lowest BCUT2D eigenvalue weighted by Crippen LogP contribution is -2.48. The number of nitrogens with zero attached hydrogens (tertiary/aromatic N) is 1. The van der Waals surface area contributed by atoms with Crippen LogP contribution < -0.4 is 16.0 Å². The Hall–Kier alpha value is -1.62. The van der Waals surface area contributed by atoms with Crippen molar-refractivity contribution in [1.82, 2.24) is 5.32 Å². The third-order valence-corrected chi connectivity index (χ3v) is 2.68. The summed E-state index contributed by atoms with van der Waals surface area (Å²) in [5, 5.41) is 2.73. The number of benzene rings is 1. The van der Waals surface area contributed by atoms with Gasteiger partial charge in [-0.1, -0.05) is 6.07 Å². The SMILES string of the molecule is NCc1c(F)cccc1N1CCNC(=O)C1. The summed E-state index contributed by atoms with van der Waals surface area (Å²) in [6.07, 6.45) is 0. The maximum Gasteiger partial charge on any atom is 0.239 e. The van der Waals surface area contributed by atoms with Crippen LogP contribution in [-0.4, -0.2) is 25.5 Å². The molecule has 16 heavy (non-hydrogen) atoms. The van der Waals surface area contributed by atoms with Gasteiger partial charge in [-0.05, 0) is 12.1 Å². The Labute approximate surface area is 93.2 Å². The van der Waals surface area contributed by atoms with E-state index in [2.05, 4.69) is 5.32 Å². The molecule has 1 aromatic carbocycles. The van der Waals surface area contributed by atoms with Gasteiger partial charge in [-0.2, -0.15) is 0 Å². The highest BCUT2D eigenvalue weighted by molar-refractivity contribution is 5.83. The molecule has 0 radical (unpaired) electrons. The molecular formula is C11H14FN3O. The van der Waals surface area contributed by atoms with E-state index in [1.165, 1.54) is 6.07 Å². The summed E-state index contributed by atoms with van der Waals surface area (Å²) in [4.78, 5) is 13.1. The molecule has 1 aromatic rings. The van der Waals surface area contributed by atoms with E-state index in [4.69, 9.17) is 5.73 Å². The molecule has 0 aliphatic carbocycles. The van der Waals surface area contributed by atoms with Gasteiger partial charge in [0.1, 0.15) is 5.82 Å².